The van der Waals surface area contributed by atoms with Gasteiger partial charge in [0, 0.05) is 13.1 Å². The summed E-state index contributed by atoms with van der Waals surface area (Å²) in [5, 5.41) is 13.1. The molecule has 2 aliphatic rings. The summed E-state index contributed by atoms with van der Waals surface area (Å²) in [6.07, 6.45) is 2.55. The van der Waals surface area contributed by atoms with Crippen LogP contribution in [-0.4, -0.2) is 27.1 Å². The van der Waals surface area contributed by atoms with Crippen LogP contribution in [0.3, 0.4) is 0 Å². The maximum Gasteiger partial charge on any atom is 0.154 e. The van der Waals surface area contributed by atoms with Crippen LogP contribution in [0, 0.1) is 0 Å². The molecule has 3 heterocycles. The van der Waals surface area contributed by atoms with Gasteiger partial charge in [-0.3, -0.25) is 0 Å². The zero-order valence-corrected chi connectivity index (χ0v) is 12.1. The SMILES string of the molecule is c1ccc(C2NCCn3c(C4CCCS4)nnc32)cc1. The number of aromatic nitrogens is 3. The lowest BCUT2D eigenvalue weighted by molar-refractivity contribution is 0.446. The van der Waals surface area contributed by atoms with Gasteiger partial charge < -0.3 is 9.88 Å². The Morgan fingerprint density at radius 1 is 1.15 bits per heavy atom. The third-order valence-corrected chi connectivity index (χ3v) is 5.47. The summed E-state index contributed by atoms with van der Waals surface area (Å²) in [6, 6.07) is 10.7. The molecule has 0 saturated carbocycles. The van der Waals surface area contributed by atoms with E-state index >= 15 is 0 Å². The number of nitrogens with one attached hydrogen (secondary N) is 1. The van der Waals surface area contributed by atoms with Crippen molar-refractivity contribution in [1.82, 2.24) is 20.1 Å². The van der Waals surface area contributed by atoms with Crippen molar-refractivity contribution in [3.8, 4) is 0 Å². The van der Waals surface area contributed by atoms with Gasteiger partial charge in [-0.15, -0.1) is 10.2 Å². The van der Waals surface area contributed by atoms with Crippen molar-refractivity contribution in [2.24, 2.45) is 0 Å². The maximum atomic E-state index is 4.51. The number of fused-ring (bicyclic) bond motifs is 1. The zero-order valence-electron chi connectivity index (χ0n) is 11.3. The van der Waals surface area contributed by atoms with Gasteiger partial charge >= 0.3 is 0 Å². The molecule has 0 aliphatic carbocycles. The number of thioether (sulfide) groups is 1. The minimum Gasteiger partial charge on any atom is -0.311 e. The molecule has 104 valence electrons. The highest BCUT2D eigenvalue weighted by atomic mass is 32.2. The van der Waals surface area contributed by atoms with E-state index in [4.69, 9.17) is 0 Å². The van der Waals surface area contributed by atoms with Gasteiger partial charge in [0.25, 0.3) is 0 Å². The minimum atomic E-state index is 0.178. The van der Waals surface area contributed by atoms with Gasteiger partial charge in [-0.25, -0.2) is 0 Å². The quantitative estimate of drug-likeness (QED) is 0.921. The van der Waals surface area contributed by atoms with Crippen LogP contribution >= 0.6 is 11.8 Å². The Labute approximate surface area is 123 Å². The Hall–Kier alpha value is -1.33. The van der Waals surface area contributed by atoms with Crippen LogP contribution in [0.4, 0.5) is 0 Å². The van der Waals surface area contributed by atoms with Crippen LogP contribution in [-0.2, 0) is 6.54 Å². The van der Waals surface area contributed by atoms with Gasteiger partial charge in [0.15, 0.2) is 5.82 Å². The van der Waals surface area contributed by atoms with Crippen LogP contribution < -0.4 is 5.32 Å². The topological polar surface area (TPSA) is 42.7 Å². The highest BCUT2D eigenvalue weighted by molar-refractivity contribution is 7.99. The molecule has 1 aromatic heterocycles. The Morgan fingerprint density at radius 2 is 2.00 bits per heavy atom. The summed E-state index contributed by atoms with van der Waals surface area (Å²) in [5.74, 6) is 3.52. The zero-order chi connectivity index (χ0) is 13.4. The molecule has 0 bridgehead atoms. The van der Waals surface area contributed by atoms with Gasteiger partial charge in [-0.1, -0.05) is 30.3 Å². The van der Waals surface area contributed by atoms with E-state index in [-0.39, 0.29) is 6.04 Å². The van der Waals surface area contributed by atoms with Crippen molar-refractivity contribution >= 4 is 11.8 Å². The summed E-state index contributed by atoms with van der Waals surface area (Å²) < 4.78 is 2.34. The van der Waals surface area contributed by atoms with E-state index in [1.165, 1.54) is 30.0 Å². The van der Waals surface area contributed by atoms with Gasteiger partial charge in [-0.2, -0.15) is 11.8 Å². The molecule has 0 amide bonds. The fourth-order valence-corrected chi connectivity index (χ4v) is 4.39. The molecule has 2 aliphatic heterocycles. The standard InChI is InChI=1S/C15H18N4S/c1-2-5-11(6-3-1)13-15-18-17-14(12-7-4-10-20-12)19(15)9-8-16-13/h1-3,5-6,12-13,16H,4,7-10H2. The molecule has 1 N–H and O–H groups in total. The molecule has 2 atom stereocenters. The highest BCUT2D eigenvalue weighted by Crippen LogP contribution is 2.40. The van der Waals surface area contributed by atoms with Crippen LogP contribution in [0.5, 0.6) is 0 Å². The average Bonchev–Trinajstić information content (AvgIpc) is 3.16. The number of benzene rings is 1. The molecule has 1 aromatic carbocycles. The van der Waals surface area contributed by atoms with E-state index in [1.54, 1.807) is 0 Å². The summed E-state index contributed by atoms with van der Waals surface area (Å²) in [5.41, 5.74) is 1.27. The van der Waals surface area contributed by atoms with Crippen LogP contribution in [0.15, 0.2) is 30.3 Å². The number of nitrogens with zero attached hydrogens (tertiary/aromatic N) is 3. The monoisotopic (exact) mass is 286 g/mol. The Balaban J connectivity index is 1.71. The number of hydrogen-bond donors (Lipinski definition) is 1. The van der Waals surface area contributed by atoms with Gasteiger partial charge in [-0.05, 0) is 24.2 Å². The molecular formula is C15H18N4S. The smallest absolute Gasteiger partial charge is 0.154 e. The Morgan fingerprint density at radius 3 is 2.80 bits per heavy atom. The molecule has 5 heteroatoms. The molecule has 2 unspecified atom stereocenters. The first-order valence-electron chi connectivity index (χ1n) is 7.26. The molecule has 20 heavy (non-hydrogen) atoms. The van der Waals surface area contributed by atoms with E-state index in [0.29, 0.717) is 5.25 Å². The normalized spacial score (nSPS) is 25.6. The summed E-state index contributed by atoms with van der Waals surface area (Å²) in [4.78, 5) is 0. The summed E-state index contributed by atoms with van der Waals surface area (Å²) in [6.45, 7) is 1.97. The molecule has 2 aromatic rings. The van der Waals surface area contributed by atoms with Crippen LogP contribution in [0.25, 0.3) is 0 Å². The van der Waals surface area contributed by atoms with Crippen LogP contribution in [0.2, 0.25) is 0 Å². The van der Waals surface area contributed by atoms with Crippen molar-refractivity contribution in [2.75, 3.05) is 12.3 Å². The van der Waals surface area contributed by atoms with E-state index in [9.17, 15) is 0 Å². The summed E-state index contributed by atoms with van der Waals surface area (Å²) >= 11 is 2.03. The lowest BCUT2D eigenvalue weighted by Crippen LogP contribution is -2.35. The first-order valence-corrected chi connectivity index (χ1v) is 8.31. The van der Waals surface area contributed by atoms with Gasteiger partial charge in [0.2, 0.25) is 0 Å². The molecule has 4 rings (SSSR count). The average molecular weight is 286 g/mol. The fourth-order valence-electron chi connectivity index (χ4n) is 3.11. The van der Waals surface area contributed by atoms with Gasteiger partial charge in [0.1, 0.15) is 5.82 Å². The van der Waals surface area contributed by atoms with Crippen molar-refractivity contribution < 1.29 is 0 Å². The van der Waals surface area contributed by atoms with Crippen molar-refractivity contribution in [1.29, 1.82) is 0 Å². The summed E-state index contributed by atoms with van der Waals surface area (Å²) in [7, 11) is 0. The lowest BCUT2D eigenvalue weighted by atomic mass is 10.0. The third kappa shape index (κ3) is 2.05. The van der Waals surface area contributed by atoms with E-state index in [2.05, 4.69) is 50.4 Å². The Kier molecular flexibility index (Phi) is 3.24. The first kappa shape index (κ1) is 12.4. The molecule has 4 nitrogen and oxygen atoms in total. The first-order chi connectivity index (χ1) is 9.93. The maximum absolute atomic E-state index is 4.51. The largest absolute Gasteiger partial charge is 0.311 e. The predicted molar refractivity (Wildman–Crippen MR) is 80.7 cm³/mol. The number of hydrogen-bond acceptors (Lipinski definition) is 4. The fraction of sp³-hybridized carbons (Fsp3) is 0.467. The second-order valence-electron chi connectivity index (χ2n) is 5.37. The molecule has 1 saturated heterocycles. The Bertz CT molecular complexity index is 589. The highest BCUT2D eigenvalue weighted by Gasteiger charge is 2.30. The van der Waals surface area contributed by atoms with Crippen LogP contribution in [0.1, 0.15) is 41.3 Å². The van der Waals surface area contributed by atoms with Gasteiger partial charge in [0.05, 0.1) is 11.3 Å². The molecule has 0 radical (unpaired) electrons. The van der Waals surface area contributed by atoms with E-state index in [1.807, 2.05) is 11.8 Å². The number of rotatable bonds is 2. The lowest BCUT2D eigenvalue weighted by Gasteiger charge is -2.26. The molecule has 1 fully saturated rings. The van der Waals surface area contributed by atoms with E-state index < -0.39 is 0 Å². The molecule has 0 spiro atoms. The van der Waals surface area contributed by atoms with E-state index in [0.717, 1.165) is 18.9 Å². The second kappa shape index (κ2) is 5.22. The minimum absolute atomic E-state index is 0.178. The predicted octanol–water partition coefficient (Wildman–Crippen LogP) is 2.54. The van der Waals surface area contributed by atoms with Crippen molar-refractivity contribution in [2.45, 2.75) is 30.7 Å². The third-order valence-electron chi connectivity index (χ3n) is 4.10. The second-order valence-corrected chi connectivity index (χ2v) is 6.68. The van der Waals surface area contributed by atoms with Crippen molar-refractivity contribution in [3.63, 3.8) is 0 Å². The molecular weight excluding hydrogens is 268 g/mol. The van der Waals surface area contributed by atoms with Crippen molar-refractivity contribution in [3.05, 3.63) is 47.5 Å².